The molecule has 2 aromatic heterocycles. The number of para-hydroxylation sites is 1. The summed E-state index contributed by atoms with van der Waals surface area (Å²) in [5.41, 5.74) is 4.09. The highest BCUT2D eigenvalue weighted by molar-refractivity contribution is 7.11. The van der Waals surface area contributed by atoms with Gasteiger partial charge in [0.1, 0.15) is 0 Å². The van der Waals surface area contributed by atoms with Crippen LogP contribution in [0.2, 0.25) is 0 Å². The van der Waals surface area contributed by atoms with Crippen LogP contribution in [0.3, 0.4) is 0 Å². The molecule has 3 aromatic rings. The summed E-state index contributed by atoms with van der Waals surface area (Å²) in [6.45, 7) is 0. The van der Waals surface area contributed by atoms with Gasteiger partial charge in [0.15, 0.2) is 0 Å². The third-order valence-electron chi connectivity index (χ3n) is 5.45. The highest BCUT2D eigenvalue weighted by atomic mass is 32.1. The van der Waals surface area contributed by atoms with Crippen molar-refractivity contribution in [1.82, 2.24) is 0 Å². The lowest BCUT2D eigenvalue weighted by molar-refractivity contribution is 0.602. The first-order chi connectivity index (χ1) is 13.4. The number of fused-ring (bicyclic) bond motifs is 1. The van der Waals surface area contributed by atoms with E-state index >= 15 is 0 Å². The number of hydrogen-bond donors (Lipinski definition) is 0. The van der Waals surface area contributed by atoms with E-state index in [1.54, 1.807) is 5.57 Å². The van der Waals surface area contributed by atoms with E-state index in [1.807, 2.05) is 22.7 Å². The fourth-order valence-electron chi connectivity index (χ4n) is 4.26. The molecule has 0 bridgehead atoms. The molecule has 3 heterocycles. The van der Waals surface area contributed by atoms with Gasteiger partial charge in [-0.05, 0) is 66.8 Å². The van der Waals surface area contributed by atoms with Crippen molar-refractivity contribution in [3.8, 4) is 0 Å². The molecule has 5 rings (SSSR count). The number of benzene rings is 1. The summed E-state index contributed by atoms with van der Waals surface area (Å²) in [6, 6.07) is 19.7. The van der Waals surface area contributed by atoms with Crippen LogP contribution in [0.15, 0.2) is 76.0 Å². The van der Waals surface area contributed by atoms with Gasteiger partial charge in [0, 0.05) is 21.4 Å². The summed E-state index contributed by atoms with van der Waals surface area (Å²) in [5, 5.41) is 11.8. The van der Waals surface area contributed by atoms with Crippen LogP contribution in [-0.2, 0) is 0 Å². The Morgan fingerprint density at radius 1 is 0.889 bits per heavy atom. The first-order valence-corrected chi connectivity index (χ1v) is 11.3. The van der Waals surface area contributed by atoms with E-state index in [0.717, 1.165) is 6.42 Å². The molecule has 0 N–H and O–H groups in total. The standard InChI is InChI=1S/C23H22N2S2/c1-2-9-18(10-3-1)25-23(21-13-7-15-27-21)22-17(16-19-11-6-14-26-19)8-4-5-12-20(22)24-25/h1-3,6-7,9-11,13-16,22-23H,4-5,8,12H2/b17-16+/t22-,23+/m0/s1. The summed E-state index contributed by atoms with van der Waals surface area (Å²) in [6.07, 6.45) is 7.21. The van der Waals surface area contributed by atoms with Gasteiger partial charge in [-0.1, -0.05) is 35.9 Å². The van der Waals surface area contributed by atoms with Crippen molar-refractivity contribution >= 4 is 40.1 Å². The van der Waals surface area contributed by atoms with Crippen LogP contribution in [0.4, 0.5) is 5.69 Å². The van der Waals surface area contributed by atoms with Crippen molar-refractivity contribution in [3.63, 3.8) is 0 Å². The molecule has 0 unspecified atom stereocenters. The summed E-state index contributed by atoms with van der Waals surface area (Å²) < 4.78 is 0. The van der Waals surface area contributed by atoms with Gasteiger partial charge in [-0.2, -0.15) is 5.10 Å². The largest absolute Gasteiger partial charge is 0.256 e. The maximum atomic E-state index is 5.18. The van der Waals surface area contributed by atoms with Crippen LogP contribution in [0.25, 0.3) is 6.08 Å². The molecule has 27 heavy (non-hydrogen) atoms. The minimum Gasteiger partial charge on any atom is -0.256 e. The van der Waals surface area contributed by atoms with Gasteiger partial charge in [0.05, 0.1) is 11.7 Å². The molecule has 2 atom stereocenters. The molecular formula is C23H22N2S2. The SMILES string of the molecule is C(=C1/CCCCC2=NN(c3ccccc3)[C@H](c3cccs3)[C@H]21)/c1cccs1. The lowest BCUT2D eigenvalue weighted by atomic mass is 9.85. The maximum Gasteiger partial charge on any atom is 0.0985 e. The van der Waals surface area contributed by atoms with Gasteiger partial charge in [-0.25, -0.2) is 0 Å². The highest BCUT2D eigenvalue weighted by Gasteiger charge is 2.42. The fraction of sp³-hybridized carbons (Fsp3) is 0.261. The molecule has 0 radical (unpaired) electrons. The lowest BCUT2D eigenvalue weighted by Gasteiger charge is -2.28. The second kappa shape index (κ2) is 7.45. The second-order valence-electron chi connectivity index (χ2n) is 7.15. The van der Waals surface area contributed by atoms with Gasteiger partial charge >= 0.3 is 0 Å². The number of anilines is 1. The van der Waals surface area contributed by atoms with Crippen LogP contribution < -0.4 is 5.01 Å². The Balaban J connectivity index is 1.62. The van der Waals surface area contributed by atoms with E-state index in [4.69, 9.17) is 5.10 Å². The smallest absolute Gasteiger partial charge is 0.0985 e. The van der Waals surface area contributed by atoms with E-state index in [1.165, 1.54) is 40.4 Å². The van der Waals surface area contributed by atoms with Crippen molar-refractivity contribution in [3.05, 3.63) is 80.7 Å². The lowest BCUT2D eigenvalue weighted by Crippen LogP contribution is -2.25. The second-order valence-corrected chi connectivity index (χ2v) is 9.11. The zero-order valence-corrected chi connectivity index (χ0v) is 16.8. The van der Waals surface area contributed by atoms with Gasteiger partial charge in [-0.15, -0.1) is 22.7 Å². The average molecular weight is 391 g/mol. The molecule has 1 fully saturated rings. The van der Waals surface area contributed by atoms with Crippen LogP contribution >= 0.6 is 22.7 Å². The number of nitrogens with zero attached hydrogens (tertiary/aromatic N) is 2. The maximum absolute atomic E-state index is 5.18. The van der Waals surface area contributed by atoms with Crippen molar-refractivity contribution in [2.45, 2.75) is 31.7 Å². The highest BCUT2D eigenvalue weighted by Crippen LogP contribution is 2.47. The van der Waals surface area contributed by atoms with Gasteiger partial charge in [0.2, 0.25) is 0 Å². The third kappa shape index (κ3) is 3.28. The summed E-state index contributed by atoms with van der Waals surface area (Å²) in [7, 11) is 0. The molecule has 1 aliphatic heterocycles. The van der Waals surface area contributed by atoms with E-state index in [0.29, 0.717) is 5.92 Å². The van der Waals surface area contributed by atoms with Crippen LogP contribution in [0.5, 0.6) is 0 Å². The predicted molar refractivity (Wildman–Crippen MR) is 118 cm³/mol. The van der Waals surface area contributed by atoms with Crippen LogP contribution in [-0.4, -0.2) is 5.71 Å². The van der Waals surface area contributed by atoms with Gasteiger partial charge in [0.25, 0.3) is 0 Å². The van der Waals surface area contributed by atoms with Crippen LogP contribution in [0, 0.1) is 5.92 Å². The van der Waals surface area contributed by atoms with Crippen molar-refractivity contribution < 1.29 is 0 Å². The molecule has 2 nitrogen and oxygen atoms in total. The van der Waals surface area contributed by atoms with E-state index in [-0.39, 0.29) is 6.04 Å². The summed E-state index contributed by atoms with van der Waals surface area (Å²) in [5.74, 6) is 0.383. The third-order valence-corrected chi connectivity index (χ3v) is 7.21. The zero-order chi connectivity index (χ0) is 18.1. The summed E-state index contributed by atoms with van der Waals surface area (Å²) in [4.78, 5) is 2.76. The van der Waals surface area contributed by atoms with Crippen molar-refractivity contribution in [2.24, 2.45) is 11.0 Å². The quantitative estimate of drug-likeness (QED) is 0.470. The van der Waals surface area contributed by atoms with Crippen molar-refractivity contribution in [2.75, 3.05) is 5.01 Å². The Hall–Kier alpha value is -2.17. The van der Waals surface area contributed by atoms with Crippen molar-refractivity contribution in [1.29, 1.82) is 0 Å². The Kier molecular flexibility index (Phi) is 4.68. The molecule has 4 heteroatoms. The van der Waals surface area contributed by atoms with E-state index < -0.39 is 0 Å². The molecule has 1 aliphatic carbocycles. The fourth-order valence-corrected chi connectivity index (χ4v) is 5.80. The minimum absolute atomic E-state index is 0.270. The summed E-state index contributed by atoms with van der Waals surface area (Å²) >= 11 is 3.68. The Morgan fingerprint density at radius 3 is 2.48 bits per heavy atom. The topological polar surface area (TPSA) is 15.6 Å². The number of hydrogen-bond acceptors (Lipinski definition) is 4. The molecule has 0 amide bonds. The molecule has 1 saturated carbocycles. The monoisotopic (exact) mass is 390 g/mol. The normalized spacial score (nSPS) is 23.9. The van der Waals surface area contributed by atoms with Gasteiger partial charge < -0.3 is 0 Å². The minimum atomic E-state index is 0.270. The Bertz CT molecular complexity index is 940. The number of hydrazone groups is 1. The predicted octanol–water partition coefficient (Wildman–Crippen LogP) is 7.00. The van der Waals surface area contributed by atoms with E-state index in [2.05, 4.69) is 76.4 Å². The average Bonchev–Trinajstić information content (AvgIpc) is 3.43. The zero-order valence-electron chi connectivity index (χ0n) is 15.1. The van der Waals surface area contributed by atoms with Gasteiger partial charge in [-0.3, -0.25) is 5.01 Å². The molecule has 0 saturated heterocycles. The number of rotatable bonds is 3. The molecule has 1 aromatic carbocycles. The number of thiophene rings is 2. The molecular weight excluding hydrogens is 368 g/mol. The molecule has 0 spiro atoms. The Labute approximate surface area is 168 Å². The molecule has 2 aliphatic rings. The Morgan fingerprint density at radius 2 is 1.70 bits per heavy atom. The van der Waals surface area contributed by atoms with Crippen LogP contribution in [0.1, 0.15) is 41.5 Å². The molecule has 136 valence electrons. The first-order valence-electron chi connectivity index (χ1n) is 9.59. The van der Waals surface area contributed by atoms with E-state index in [9.17, 15) is 0 Å². The first kappa shape index (κ1) is 17.0.